The first-order chi connectivity index (χ1) is 12.1. The molecule has 0 spiro atoms. The number of unbranched alkanes of at least 4 members (excludes halogenated alkanes) is 1. The molecular formula is C21H25NO3. The quantitative estimate of drug-likeness (QED) is 0.795. The van der Waals surface area contributed by atoms with Crippen LogP contribution in [0.25, 0.3) is 0 Å². The Morgan fingerprint density at radius 1 is 1.24 bits per heavy atom. The van der Waals surface area contributed by atoms with Gasteiger partial charge in [0.05, 0.1) is 5.92 Å². The number of rotatable bonds is 6. The second-order valence-electron chi connectivity index (χ2n) is 6.83. The molecule has 0 aliphatic carbocycles. The zero-order valence-electron chi connectivity index (χ0n) is 14.6. The minimum absolute atomic E-state index is 0.111. The highest BCUT2D eigenvalue weighted by atomic mass is 16.4. The highest BCUT2D eigenvalue weighted by Crippen LogP contribution is 2.35. The molecular weight excluding hydrogens is 314 g/mol. The summed E-state index contributed by atoms with van der Waals surface area (Å²) in [6, 6.07) is 9.12. The molecule has 0 bridgehead atoms. The lowest BCUT2D eigenvalue weighted by molar-refractivity contribution is -0.140. The largest absolute Gasteiger partial charge is 0.481 e. The van der Waals surface area contributed by atoms with Crippen molar-refractivity contribution in [3.05, 3.63) is 59.3 Å². The van der Waals surface area contributed by atoms with E-state index in [0.29, 0.717) is 6.42 Å². The van der Waals surface area contributed by atoms with Crippen LogP contribution < -0.4 is 0 Å². The first kappa shape index (κ1) is 17.5. The molecule has 0 saturated heterocycles. The van der Waals surface area contributed by atoms with E-state index in [0.717, 1.165) is 49.1 Å². The Hall–Kier alpha value is -2.36. The fourth-order valence-electron chi connectivity index (χ4n) is 3.73. The van der Waals surface area contributed by atoms with Crippen molar-refractivity contribution in [1.29, 1.82) is 0 Å². The van der Waals surface area contributed by atoms with E-state index in [-0.39, 0.29) is 11.8 Å². The monoisotopic (exact) mass is 339 g/mol. The Balaban J connectivity index is 1.95. The van der Waals surface area contributed by atoms with Gasteiger partial charge in [0.15, 0.2) is 5.78 Å². The molecule has 4 heteroatoms. The molecule has 25 heavy (non-hydrogen) atoms. The maximum atomic E-state index is 13.2. The maximum absolute atomic E-state index is 13.2. The average Bonchev–Trinajstić information content (AvgIpc) is 2.82. The lowest BCUT2D eigenvalue weighted by Gasteiger charge is -2.28. The van der Waals surface area contributed by atoms with Crippen LogP contribution in [0.4, 0.5) is 0 Å². The topological polar surface area (TPSA) is 57.6 Å². The molecule has 4 nitrogen and oxygen atoms in total. The molecule has 0 aromatic heterocycles. The van der Waals surface area contributed by atoms with E-state index in [2.05, 4.69) is 17.9 Å². The molecule has 2 unspecified atom stereocenters. The van der Waals surface area contributed by atoms with Crippen molar-refractivity contribution in [3.8, 4) is 0 Å². The standard InChI is InChI=1S/C21H25NO3/c1-2-3-8-16-13-18-14-17(21(24)25)11-7-12-22(18)19(16)20(23)15-9-5-4-6-10-15/h4-6,9-10,13-14,17,19H,2-3,7-8,11-12H2,1H3,(H,24,25). The average molecular weight is 339 g/mol. The van der Waals surface area contributed by atoms with Gasteiger partial charge in [-0.2, -0.15) is 0 Å². The van der Waals surface area contributed by atoms with Gasteiger partial charge in [-0.25, -0.2) is 0 Å². The number of carbonyl (C=O) groups is 2. The molecule has 2 aliphatic rings. The predicted octanol–water partition coefficient (Wildman–Crippen LogP) is 4.05. The predicted molar refractivity (Wildman–Crippen MR) is 97.3 cm³/mol. The molecule has 0 saturated carbocycles. The van der Waals surface area contributed by atoms with Crippen LogP contribution in [-0.4, -0.2) is 34.3 Å². The Morgan fingerprint density at radius 2 is 2.00 bits per heavy atom. The second-order valence-corrected chi connectivity index (χ2v) is 6.83. The molecule has 2 heterocycles. The third-order valence-electron chi connectivity index (χ3n) is 5.06. The van der Waals surface area contributed by atoms with Crippen molar-refractivity contribution in [2.75, 3.05) is 6.54 Å². The first-order valence-corrected chi connectivity index (χ1v) is 9.12. The lowest BCUT2D eigenvalue weighted by Crippen LogP contribution is -2.38. The first-order valence-electron chi connectivity index (χ1n) is 9.12. The normalized spacial score (nSPS) is 22.7. The van der Waals surface area contributed by atoms with E-state index >= 15 is 0 Å². The fraction of sp³-hybridized carbons (Fsp3) is 0.429. The summed E-state index contributed by atoms with van der Waals surface area (Å²) in [5.41, 5.74) is 2.74. The van der Waals surface area contributed by atoms with Crippen LogP contribution in [0.2, 0.25) is 0 Å². The van der Waals surface area contributed by atoms with Crippen LogP contribution in [-0.2, 0) is 4.79 Å². The summed E-state index contributed by atoms with van der Waals surface area (Å²) in [5, 5.41) is 9.39. The minimum Gasteiger partial charge on any atom is -0.481 e. The third-order valence-corrected chi connectivity index (χ3v) is 5.06. The SMILES string of the molecule is CCCCC1=CC2=CC(C(=O)O)CCCN2C1C(=O)c1ccccc1. The van der Waals surface area contributed by atoms with Crippen LogP contribution >= 0.6 is 0 Å². The summed E-state index contributed by atoms with van der Waals surface area (Å²) >= 11 is 0. The van der Waals surface area contributed by atoms with Gasteiger partial charge in [0.1, 0.15) is 6.04 Å². The van der Waals surface area contributed by atoms with Crippen LogP contribution in [0.3, 0.4) is 0 Å². The van der Waals surface area contributed by atoms with E-state index in [4.69, 9.17) is 0 Å². The number of aliphatic carboxylic acids is 1. The number of nitrogens with zero attached hydrogens (tertiary/aromatic N) is 1. The second kappa shape index (κ2) is 7.68. The van der Waals surface area contributed by atoms with Crippen LogP contribution in [0.1, 0.15) is 49.4 Å². The van der Waals surface area contributed by atoms with Crippen LogP contribution in [0, 0.1) is 5.92 Å². The molecule has 2 aliphatic heterocycles. The summed E-state index contributed by atoms with van der Waals surface area (Å²) in [5.74, 6) is -1.13. The van der Waals surface area contributed by atoms with Gasteiger partial charge in [-0.1, -0.05) is 43.7 Å². The van der Waals surface area contributed by atoms with Gasteiger partial charge in [0.2, 0.25) is 0 Å². The Labute approximate surface area is 148 Å². The van der Waals surface area contributed by atoms with Gasteiger partial charge in [0, 0.05) is 17.8 Å². The zero-order chi connectivity index (χ0) is 17.8. The Morgan fingerprint density at radius 3 is 2.68 bits per heavy atom. The van der Waals surface area contributed by atoms with E-state index in [9.17, 15) is 14.7 Å². The summed E-state index contributed by atoms with van der Waals surface area (Å²) in [6.07, 6.45) is 8.28. The molecule has 0 amide bonds. The van der Waals surface area contributed by atoms with E-state index in [1.54, 1.807) is 0 Å². The fourth-order valence-corrected chi connectivity index (χ4v) is 3.73. The number of hydrogen-bond acceptors (Lipinski definition) is 3. The number of allylic oxidation sites excluding steroid dienone is 1. The number of ketones is 1. The van der Waals surface area contributed by atoms with Crippen molar-refractivity contribution in [2.24, 2.45) is 5.92 Å². The lowest BCUT2D eigenvalue weighted by atomic mass is 9.94. The number of carbonyl (C=O) groups excluding carboxylic acids is 1. The smallest absolute Gasteiger partial charge is 0.310 e. The van der Waals surface area contributed by atoms with Gasteiger partial charge in [0.25, 0.3) is 0 Å². The van der Waals surface area contributed by atoms with Gasteiger partial charge in [-0.15, -0.1) is 0 Å². The summed E-state index contributed by atoms with van der Waals surface area (Å²) in [4.78, 5) is 26.7. The van der Waals surface area contributed by atoms with Gasteiger partial charge >= 0.3 is 5.97 Å². The van der Waals surface area contributed by atoms with Crippen LogP contribution in [0.15, 0.2) is 53.8 Å². The van der Waals surface area contributed by atoms with Gasteiger partial charge in [-0.05, 0) is 43.4 Å². The highest BCUT2D eigenvalue weighted by Gasteiger charge is 2.37. The number of hydrogen-bond donors (Lipinski definition) is 1. The van der Waals surface area contributed by atoms with E-state index in [1.165, 1.54) is 0 Å². The zero-order valence-corrected chi connectivity index (χ0v) is 14.6. The Kier molecular flexibility index (Phi) is 5.37. The van der Waals surface area contributed by atoms with Crippen molar-refractivity contribution in [3.63, 3.8) is 0 Å². The van der Waals surface area contributed by atoms with Gasteiger partial charge < -0.3 is 10.0 Å². The van der Waals surface area contributed by atoms with E-state index in [1.807, 2.05) is 36.4 Å². The molecule has 1 aromatic carbocycles. The molecule has 3 rings (SSSR count). The van der Waals surface area contributed by atoms with Crippen molar-refractivity contribution < 1.29 is 14.7 Å². The number of fused-ring (bicyclic) bond motifs is 1. The Bertz CT molecular complexity index is 705. The number of benzene rings is 1. The highest BCUT2D eigenvalue weighted by molar-refractivity contribution is 6.02. The molecule has 1 N–H and O–H groups in total. The number of Topliss-reactive ketones (excluding diaryl/α,β-unsaturated/α-hetero) is 1. The van der Waals surface area contributed by atoms with Crippen molar-refractivity contribution >= 4 is 11.8 Å². The van der Waals surface area contributed by atoms with Crippen LogP contribution in [0.5, 0.6) is 0 Å². The van der Waals surface area contributed by atoms with E-state index < -0.39 is 11.9 Å². The number of carboxylic acids is 1. The maximum Gasteiger partial charge on any atom is 0.310 e. The number of carboxylic acid groups (broad SMARTS) is 1. The molecule has 0 fully saturated rings. The summed E-state index contributed by atoms with van der Waals surface area (Å²) in [6.45, 7) is 2.87. The molecule has 0 radical (unpaired) electrons. The summed E-state index contributed by atoms with van der Waals surface area (Å²) < 4.78 is 0. The molecule has 2 atom stereocenters. The third kappa shape index (κ3) is 3.68. The van der Waals surface area contributed by atoms with Crippen molar-refractivity contribution in [2.45, 2.75) is 45.1 Å². The molecule has 1 aromatic rings. The van der Waals surface area contributed by atoms with Gasteiger partial charge in [-0.3, -0.25) is 9.59 Å². The summed E-state index contributed by atoms with van der Waals surface area (Å²) in [7, 11) is 0. The minimum atomic E-state index is -0.782. The van der Waals surface area contributed by atoms with Crippen molar-refractivity contribution in [1.82, 2.24) is 4.90 Å². The molecule has 132 valence electrons.